The van der Waals surface area contributed by atoms with Crippen LogP contribution in [0.2, 0.25) is 0 Å². The molecule has 6 heteroatoms. The summed E-state index contributed by atoms with van der Waals surface area (Å²) < 4.78 is 1.57. The molecule has 24 heavy (non-hydrogen) atoms. The summed E-state index contributed by atoms with van der Waals surface area (Å²) in [4.78, 5) is 24.4. The molecule has 1 heterocycles. The van der Waals surface area contributed by atoms with Crippen LogP contribution in [0.4, 0.5) is 5.82 Å². The minimum absolute atomic E-state index is 0.130. The van der Waals surface area contributed by atoms with Gasteiger partial charge in [0, 0.05) is 17.5 Å². The normalized spacial score (nSPS) is 11.4. The Labute approximate surface area is 142 Å². The first-order chi connectivity index (χ1) is 11.2. The maximum Gasteiger partial charge on any atom is 0.272 e. The first-order valence-corrected chi connectivity index (χ1v) is 7.96. The number of nitrogens with one attached hydrogen (secondary N) is 2. The standard InChI is InChI=1S/C18H24N4O2/c1-12(2)16(23)19-15-11-14(17(24)20-18(3,4)5)21-22(15)13-9-7-6-8-10-13/h6-12H,1-5H3,(H,19,23)(H,20,24). The second kappa shape index (κ2) is 6.86. The van der Waals surface area contributed by atoms with Crippen LogP contribution >= 0.6 is 0 Å². The van der Waals surface area contributed by atoms with Gasteiger partial charge in [0.1, 0.15) is 5.82 Å². The molecule has 1 aromatic heterocycles. The van der Waals surface area contributed by atoms with Gasteiger partial charge in [0.2, 0.25) is 5.91 Å². The van der Waals surface area contributed by atoms with Crippen LogP contribution in [-0.4, -0.2) is 27.1 Å². The van der Waals surface area contributed by atoms with Crippen molar-refractivity contribution in [2.75, 3.05) is 5.32 Å². The summed E-state index contributed by atoms with van der Waals surface area (Å²) in [5.74, 6) is -0.109. The lowest BCUT2D eigenvalue weighted by atomic mass is 10.1. The van der Waals surface area contributed by atoms with Crippen molar-refractivity contribution in [2.45, 2.75) is 40.2 Å². The van der Waals surface area contributed by atoms with Gasteiger partial charge in [-0.15, -0.1) is 0 Å². The maximum atomic E-state index is 12.4. The summed E-state index contributed by atoms with van der Waals surface area (Å²) in [6, 6.07) is 11.0. The number of anilines is 1. The maximum absolute atomic E-state index is 12.4. The molecule has 128 valence electrons. The molecule has 0 spiro atoms. The van der Waals surface area contributed by atoms with E-state index in [4.69, 9.17) is 0 Å². The van der Waals surface area contributed by atoms with Gasteiger partial charge >= 0.3 is 0 Å². The smallest absolute Gasteiger partial charge is 0.272 e. The Balaban J connectivity index is 2.40. The minimum Gasteiger partial charge on any atom is -0.346 e. The Morgan fingerprint density at radius 1 is 1.12 bits per heavy atom. The summed E-state index contributed by atoms with van der Waals surface area (Å²) in [5, 5.41) is 10.1. The number of hydrogen-bond donors (Lipinski definition) is 2. The summed E-state index contributed by atoms with van der Waals surface area (Å²) in [6.07, 6.45) is 0. The third kappa shape index (κ3) is 4.44. The Kier molecular flexibility index (Phi) is 5.07. The molecule has 0 saturated heterocycles. The topological polar surface area (TPSA) is 76.0 Å². The summed E-state index contributed by atoms with van der Waals surface area (Å²) in [6.45, 7) is 9.33. The van der Waals surface area contributed by atoms with Crippen LogP contribution in [0.15, 0.2) is 36.4 Å². The lowest BCUT2D eigenvalue weighted by Crippen LogP contribution is -2.40. The zero-order chi connectivity index (χ0) is 17.9. The van der Waals surface area contributed by atoms with Crippen LogP contribution in [0.5, 0.6) is 0 Å². The third-order valence-corrected chi connectivity index (χ3v) is 3.21. The fraction of sp³-hybridized carbons (Fsp3) is 0.389. The molecule has 1 aromatic carbocycles. The van der Waals surface area contributed by atoms with Crippen molar-refractivity contribution < 1.29 is 9.59 Å². The molecule has 0 atom stereocenters. The van der Waals surface area contributed by atoms with Crippen molar-refractivity contribution in [2.24, 2.45) is 5.92 Å². The van der Waals surface area contributed by atoms with Crippen molar-refractivity contribution in [1.29, 1.82) is 0 Å². The van der Waals surface area contributed by atoms with Crippen LogP contribution < -0.4 is 10.6 Å². The van der Waals surface area contributed by atoms with Gasteiger partial charge in [-0.2, -0.15) is 5.10 Å². The van der Waals surface area contributed by atoms with E-state index in [1.807, 2.05) is 65.0 Å². The molecule has 0 aliphatic rings. The van der Waals surface area contributed by atoms with Crippen LogP contribution in [0.25, 0.3) is 5.69 Å². The highest BCUT2D eigenvalue weighted by molar-refractivity contribution is 5.96. The predicted octanol–water partition coefficient (Wildman–Crippen LogP) is 3.00. The molecular weight excluding hydrogens is 304 g/mol. The van der Waals surface area contributed by atoms with Crippen LogP contribution in [0.3, 0.4) is 0 Å². The molecule has 0 unspecified atom stereocenters. The van der Waals surface area contributed by atoms with E-state index in [1.54, 1.807) is 10.7 Å². The molecular formula is C18H24N4O2. The highest BCUT2D eigenvalue weighted by Crippen LogP contribution is 2.18. The van der Waals surface area contributed by atoms with E-state index in [2.05, 4.69) is 15.7 Å². The molecule has 0 fully saturated rings. The first kappa shape index (κ1) is 17.7. The van der Waals surface area contributed by atoms with Gasteiger partial charge in [0.15, 0.2) is 5.69 Å². The van der Waals surface area contributed by atoms with Crippen LogP contribution in [0, 0.1) is 5.92 Å². The molecule has 6 nitrogen and oxygen atoms in total. The number of carbonyl (C=O) groups excluding carboxylic acids is 2. The molecule has 2 amide bonds. The van der Waals surface area contributed by atoms with Gasteiger partial charge in [-0.1, -0.05) is 32.0 Å². The zero-order valence-corrected chi connectivity index (χ0v) is 14.8. The molecule has 2 aromatic rings. The number of aromatic nitrogens is 2. The highest BCUT2D eigenvalue weighted by Gasteiger charge is 2.21. The Hall–Kier alpha value is -2.63. The van der Waals surface area contributed by atoms with Crippen molar-refractivity contribution in [3.8, 4) is 5.69 Å². The zero-order valence-electron chi connectivity index (χ0n) is 14.8. The lowest BCUT2D eigenvalue weighted by Gasteiger charge is -2.19. The molecule has 0 saturated carbocycles. The summed E-state index contributed by atoms with van der Waals surface area (Å²) in [7, 11) is 0. The van der Waals surface area contributed by atoms with E-state index >= 15 is 0 Å². The van der Waals surface area contributed by atoms with Gasteiger partial charge in [-0.05, 0) is 32.9 Å². The fourth-order valence-electron chi connectivity index (χ4n) is 2.02. The van der Waals surface area contributed by atoms with E-state index < -0.39 is 0 Å². The van der Waals surface area contributed by atoms with Gasteiger partial charge in [0.25, 0.3) is 5.91 Å². The van der Waals surface area contributed by atoms with E-state index in [9.17, 15) is 9.59 Å². The van der Waals surface area contributed by atoms with Crippen molar-refractivity contribution in [3.63, 3.8) is 0 Å². The quantitative estimate of drug-likeness (QED) is 0.906. The average molecular weight is 328 g/mol. The van der Waals surface area contributed by atoms with Crippen molar-refractivity contribution in [3.05, 3.63) is 42.1 Å². The van der Waals surface area contributed by atoms with Crippen LogP contribution in [0.1, 0.15) is 45.1 Å². The molecule has 2 rings (SSSR count). The minimum atomic E-state index is -0.366. The fourth-order valence-corrected chi connectivity index (χ4v) is 2.02. The highest BCUT2D eigenvalue weighted by atomic mass is 16.2. The van der Waals surface area contributed by atoms with Gasteiger partial charge < -0.3 is 10.6 Å². The lowest BCUT2D eigenvalue weighted by molar-refractivity contribution is -0.118. The monoisotopic (exact) mass is 328 g/mol. The number of hydrogen-bond acceptors (Lipinski definition) is 3. The molecule has 0 radical (unpaired) electrons. The SMILES string of the molecule is CC(C)C(=O)Nc1cc(C(=O)NC(C)(C)C)nn1-c1ccccc1. The number of para-hydroxylation sites is 1. The van der Waals surface area contributed by atoms with Crippen molar-refractivity contribution in [1.82, 2.24) is 15.1 Å². The number of carbonyl (C=O) groups is 2. The van der Waals surface area contributed by atoms with E-state index in [0.717, 1.165) is 5.69 Å². The number of rotatable bonds is 4. The second-order valence-corrected chi connectivity index (χ2v) is 7.01. The largest absolute Gasteiger partial charge is 0.346 e. The first-order valence-electron chi connectivity index (χ1n) is 7.96. The molecule has 2 N–H and O–H groups in total. The van der Waals surface area contributed by atoms with E-state index in [0.29, 0.717) is 5.82 Å². The average Bonchev–Trinajstić information content (AvgIpc) is 2.90. The van der Waals surface area contributed by atoms with Gasteiger partial charge in [0.05, 0.1) is 5.69 Å². The molecule has 0 aliphatic heterocycles. The van der Waals surface area contributed by atoms with Crippen LogP contribution in [-0.2, 0) is 4.79 Å². The summed E-state index contributed by atoms with van der Waals surface area (Å²) >= 11 is 0. The van der Waals surface area contributed by atoms with Gasteiger partial charge in [-0.25, -0.2) is 4.68 Å². The Morgan fingerprint density at radius 3 is 2.29 bits per heavy atom. The third-order valence-electron chi connectivity index (χ3n) is 3.21. The molecule has 0 aliphatic carbocycles. The summed E-state index contributed by atoms with van der Waals surface area (Å²) in [5.41, 5.74) is 0.661. The van der Waals surface area contributed by atoms with E-state index in [1.165, 1.54) is 0 Å². The predicted molar refractivity (Wildman–Crippen MR) is 94.3 cm³/mol. The Morgan fingerprint density at radius 2 is 1.75 bits per heavy atom. The second-order valence-electron chi connectivity index (χ2n) is 7.01. The van der Waals surface area contributed by atoms with E-state index in [-0.39, 0.29) is 29.0 Å². The Bertz CT molecular complexity index is 727. The van der Waals surface area contributed by atoms with Gasteiger partial charge in [-0.3, -0.25) is 9.59 Å². The van der Waals surface area contributed by atoms with Crippen molar-refractivity contribution >= 4 is 17.6 Å². The molecule has 0 bridgehead atoms. The number of nitrogens with zero attached hydrogens (tertiary/aromatic N) is 2. The number of amides is 2. The number of benzene rings is 1.